The van der Waals surface area contributed by atoms with Crippen molar-refractivity contribution in [2.75, 3.05) is 6.54 Å². The van der Waals surface area contributed by atoms with E-state index in [0.29, 0.717) is 0 Å². The van der Waals surface area contributed by atoms with Gasteiger partial charge in [-0.1, -0.05) is 12.5 Å². The summed E-state index contributed by atoms with van der Waals surface area (Å²) in [5, 5.41) is 13.9. The fourth-order valence-electron chi connectivity index (χ4n) is 2.02. The van der Waals surface area contributed by atoms with Crippen molar-refractivity contribution in [2.24, 2.45) is 0 Å². The Hall–Kier alpha value is -1.20. The lowest BCUT2D eigenvalue weighted by Gasteiger charge is -2.23. The molecule has 1 atom stereocenters. The monoisotopic (exact) mass is 260 g/mol. The van der Waals surface area contributed by atoms with Crippen molar-refractivity contribution in [1.29, 1.82) is 0 Å². The molecule has 1 saturated heterocycles. The Balaban J connectivity index is 0.00000144. The predicted molar refractivity (Wildman–Crippen MR) is 64.9 cm³/mol. The first-order valence-electron chi connectivity index (χ1n) is 5.35. The maximum absolute atomic E-state index is 13.1. The van der Waals surface area contributed by atoms with Crippen LogP contribution in [0.15, 0.2) is 18.2 Å². The quantitative estimate of drug-likeness (QED) is 0.657. The molecule has 17 heavy (non-hydrogen) atoms. The number of hydrogen-bond donors (Lipinski definition) is 1. The van der Waals surface area contributed by atoms with Crippen molar-refractivity contribution in [1.82, 2.24) is 5.32 Å². The van der Waals surface area contributed by atoms with Crippen LogP contribution < -0.4 is 5.32 Å². The first kappa shape index (κ1) is 13.9. The molecule has 1 fully saturated rings. The molecule has 0 amide bonds. The molecule has 1 aliphatic rings. The van der Waals surface area contributed by atoms with Crippen LogP contribution in [-0.4, -0.2) is 11.5 Å². The molecule has 1 heterocycles. The van der Waals surface area contributed by atoms with Crippen LogP contribution >= 0.6 is 12.4 Å². The molecular weight excluding hydrogens is 247 g/mol. The van der Waals surface area contributed by atoms with Crippen molar-refractivity contribution >= 4 is 18.1 Å². The number of hydrogen-bond acceptors (Lipinski definition) is 3. The second-order valence-electron chi connectivity index (χ2n) is 3.97. The van der Waals surface area contributed by atoms with Crippen molar-refractivity contribution in [3.63, 3.8) is 0 Å². The van der Waals surface area contributed by atoms with Gasteiger partial charge in [-0.05, 0) is 31.0 Å². The number of nitrogens with one attached hydrogen (secondary N) is 1. The van der Waals surface area contributed by atoms with Gasteiger partial charge in [-0.2, -0.15) is 4.39 Å². The van der Waals surface area contributed by atoms with Gasteiger partial charge in [-0.15, -0.1) is 12.4 Å². The summed E-state index contributed by atoms with van der Waals surface area (Å²) in [6.07, 6.45) is 3.17. The van der Waals surface area contributed by atoms with Crippen molar-refractivity contribution in [3.8, 4) is 0 Å². The predicted octanol–water partition coefficient (Wildman–Crippen LogP) is 2.97. The van der Waals surface area contributed by atoms with Crippen LogP contribution in [0.4, 0.5) is 10.1 Å². The summed E-state index contributed by atoms with van der Waals surface area (Å²) < 4.78 is 13.1. The van der Waals surface area contributed by atoms with E-state index in [-0.39, 0.29) is 18.4 Å². The Labute approximate surface area is 105 Å². The summed E-state index contributed by atoms with van der Waals surface area (Å²) in [4.78, 5) is 9.92. The van der Waals surface area contributed by atoms with Gasteiger partial charge in [0, 0.05) is 12.1 Å². The lowest BCUT2D eigenvalue weighted by atomic mass is 9.97. The first-order chi connectivity index (χ1) is 7.68. The smallest absolute Gasteiger partial charge is 0.305 e. The highest BCUT2D eigenvalue weighted by atomic mass is 35.5. The molecule has 0 saturated carbocycles. The number of nitrogens with zero attached hydrogens (tertiary/aromatic N) is 1. The molecule has 1 aliphatic heterocycles. The fourth-order valence-corrected chi connectivity index (χ4v) is 2.02. The van der Waals surface area contributed by atoms with Crippen LogP contribution in [0.25, 0.3) is 0 Å². The van der Waals surface area contributed by atoms with E-state index in [1.165, 1.54) is 12.1 Å². The first-order valence-corrected chi connectivity index (χ1v) is 5.35. The molecule has 1 N–H and O–H groups in total. The second-order valence-corrected chi connectivity index (χ2v) is 3.97. The molecule has 0 aliphatic carbocycles. The number of halogens is 2. The number of nitro groups is 1. The Kier molecular flexibility index (Phi) is 4.84. The van der Waals surface area contributed by atoms with E-state index in [0.717, 1.165) is 31.4 Å². The van der Waals surface area contributed by atoms with Crippen LogP contribution in [0, 0.1) is 15.9 Å². The summed E-state index contributed by atoms with van der Waals surface area (Å²) in [6, 6.07) is 4.24. The topological polar surface area (TPSA) is 55.2 Å². The largest absolute Gasteiger partial charge is 0.310 e. The van der Waals surface area contributed by atoms with Gasteiger partial charge in [0.1, 0.15) is 0 Å². The van der Waals surface area contributed by atoms with Gasteiger partial charge in [-0.25, -0.2) is 0 Å². The summed E-state index contributed by atoms with van der Waals surface area (Å²) in [5.41, 5.74) is 0.359. The maximum atomic E-state index is 13.1. The number of piperidine rings is 1. The molecule has 0 bridgehead atoms. The lowest BCUT2D eigenvalue weighted by Crippen LogP contribution is -2.26. The molecule has 0 aromatic heterocycles. The van der Waals surface area contributed by atoms with Gasteiger partial charge >= 0.3 is 5.69 Å². The zero-order chi connectivity index (χ0) is 11.5. The van der Waals surface area contributed by atoms with Crippen LogP contribution in [0.3, 0.4) is 0 Å². The van der Waals surface area contributed by atoms with Gasteiger partial charge in [-0.3, -0.25) is 10.1 Å². The molecule has 4 nitrogen and oxygen atoms in total. The molecule has 1 aromatic carbocycles. The lowest BCUT2D eigenvalue weighted by molar-refractivity contribution is -0.387. The van der Waals surface area contributed by atoms with E-state index < -0.39 is 16.4 Å². The van der Waals surface area contributed by atoms with Gasteiger partial charge in [0.25, 0.3) is 0 Å². The standard InChI is InChI=1S/C11H13FN2O2.ClH/c12-9-5-4-8(7-11(9)14(15)16)10-3-1-2-6-13-10;/h4-5,7,10,13H,1-3,6H2;1H/t10-;/m1./s1. The van der Waals surface area contributed by atoms with E-state index in [4.69, 9.17) is 0 Å². The van der Waals surface area contributed by atoms with Crippen molar-refractivity contribution in [2.45, 2.75) is 25.3 Å². The average Bonchev–Trinajstić information content (AvgIpc) is 2.30. The number of benzene rings is 1. The molecule has 0 spiro atoms. The van der Waals surface area contributed by atoms with Crippen LogP contribution in [0.1, 0.15) is 30.9 Å². The van der Waals surface area contributed by atoms with Gasteiger partial charge in [0.05, 0.1) is 4.92 Å². The molecule has 1 aromatic rings. The summed E-state index contributed by atoms with van der Waals surface area (Å²) in [5.74, 6) is -0.774. The van der Waals surface area contributed by atoms with E-state index in [9.17, 15) is 14.5 Å². The van der Waals surface area contributed by atoms with Crippen LogP contribution in [-0.2, 0) is 0 Å². The van der Waals surface area contributed by atoms with Crippen molar-refractivity contribution < 1.29 is 9.31 Å². The zero-order valence-electron chi connectivity index (χ0n) is 9.19. The molecule has 94 valence electrons. The average molecular weight is 261 g/mol. The van der Waals surface area contributed by atoms with E-state index in [2.05, 4.69) is 5.32 Å². The minimum absolute atomic E-state index is 0. The van der Waals surface area contributed by atoms with E-state index in [1.54, 1.807) is 6.07 Å². The molecule has 0 radical (unpaired) electrons. The summed E-state index contributed by atoms with van der Waals surface area (Å²) >= 11 is 0. The highest BCUT2D eigenvalue weighted by Crippen LogP contribution is 2.27. The number of nitro benzene ring substituents is 1. The highest BCUT2D eigenvalue weighted by molar-refractivity contribution is 5.85. The molecular formula is C11H14ClFN2O2. The zero-order valence-corrected chi connectivity index (χ0v) is 10.0. The van der Waals surface area contributed by atoms with Gasteiger partial charge < -0.3 is 5.32 Å². The van der Waals surface area contributed by atoms with Crippen LogP contribution in [0.2, 0.25) is 0 Å². The maximum Gasteiger partial charge on any atom is 0.305 e. The Morgan fingerprint density at radius 2 is 2.18 bits per heavy atom. The van der Waals surface area contributed by atoms with Crippen molar-refractivity contribution in [3.05, 3.63) is 39.7 Å². The van der Waals surface area contributed by atoms with Gasteiger partial charge in [0.2, 0.25) is 5.82 Å². The molecule has 0 unspecified atom stereocenters. The summed E-state index contributed by atoms with van der Waals surface area (Å²) in [6.45, 7) is 0.913. The summed E-state index contributed by atoms with van der Waals surface area (Å²) in [7, 11) is 0. The third-order valence-electron chi connectivity index (χ3n) is 2.88. The Morgan fingerprint density at radius 3 is 2.76 bits per heavy atom. The Bertz CT molecular complexity index is 408. The highest BCUT2D eigenvalue weighted by Gasteiger charge is 2.20. The van der Waals surface area contributed by atoms with Crippen LogP contribution in [0.5, 0.6) is 0 Å². The van der Waals surface area contributed by atoms with Gasteiger partial charge in [0.15, 0.2) is 0 Å². The van der Waals surface area contributed by atoms with E-state index >= 15 is 0 Å². The second kappa shape index (κ2) is 5.93. The molecule has 6 heteroatoms. The minimum atomic E-state index is -0.774. The molecule has 2 rings (SSSR count). The fraction of sp³-hybridized carbons (Fsp3) is 0.455. The third-order valence-corrected chi connectivity index (χ3v) is 2.88. The Morgan fingerprint density at radius 1 is 1.41 bits per heavy atom. The third kappa shape index (κ3) is 3.14. The minimum Gasteiger partial charge on any atom is -0.310 e. The SMILES string of the molecule is Cl.O=[N+]([O-])c1cc([C@H]2CCCCN2)ccc1F. The normalized spacial score (nSPS) is 19.5. The number of rotatable bonds is 2. The van der Waals surface area contributed by atoms with E-state index in [1.807, 2.05) is 0 Å².